The van der Waals surface area contributed by atoms with Gasteiger partial charge < -0.3 is 9.84 Å². The van der Waals surface area contributed by atoms with Crippen LogP contribution in [0.25, 0.3) is 11.1 Å². The molecule has 0 heterocycles. The number of rotatable bonds is 7. The Labute approximate surface area is 197 Å². The van der Waals surface area contributed by atoms with Gasteiger partial charge in [-0.25, -0.2) is 22.0 Å². The van der Waals surface area contributed by atoms with Crippen molar-refractivity contribution in [3.63, 3.8) is 0 Å². The summed E-state index contributed by atoms with van der Waals surface area (Å²) in [5.41, 5.74) is -5.93. The van der Waals surface area contributed by atoms with Crippen molar-refractivity contribution in [2.75, 3.05) is 0 Å². The van der Waals surface area contributed by atoms with Gasteiger partial charge >= 0.3 is 12.3 Å². The predicted molar refractivity (Wildman–Crippen MR) is 108 cm³/mol. The average Bonchev–Trinajstić information content (AvgIpc) is 2.70. The zero-order chi connectivity index (χ0) is 27.0. The zero-order valence-corrected chi connectivity index (χ0v) is 18.2. The Balaban J connectivity index is 2.07. The normalized spacial score (nSPS) is 12.2. The van der Waals surface area contributed by atoms with Crippen molar-refractivity contribution in [3.8, 4) is 22.6 Å². The van der Waals surface area contributed by atoms with Gasteiger partial charge in [0.15, 0.2) is 5.82 Å². The number of benzene rings is 3. The smallest absolute Gasteiger partial charge is 0.432 e. The molecule has 36 heavy (non-hydrogen) atoms. The Morgan fingerprint density at radius 2 is 1.36 bits per heavy atom. The number of alkyl halides is 5. The molecule has 0 radical (unpaired) electrons. The van der Waals surface area contributed by atoms with Crippen LogP contribution in [0.1, 0.15) is 36.5 Å². The van der Waals surface area contributed by atoms with Gasteiger partial charge in [-0.15, -0.1) is 0 Å². The Kier molecular flexibility index (Phi) is 7.47. The average molecular weight is 526 g/mol. The van der Waals surface area contributed by atoms with Crippen LogP contribution < -0.4 is 4.74 Å². The molecule has 2 nitrogen and oxygen atoms in total. The molecule has 3 aromatic carbocycles. The minimum absolute atomic E-state index is 0.0450. The lowest BCUT2D eigenvalue weighted by molar-refractivity contribution is -0.189. The molecule has 0 fully saturated rings. The van der Waals surface area contributed by atoms with Crippen LogP contribution in [-0.4, -0.2) is 5.11 Å². The number of hydrogen-bond donors (Lipinski definition) is 1. The number of ether oxygens (including phenoxy) is 1. The molecule has 0 aliphatic heterocycles. The highest BCUT2D eigenvalue weighted by Gasteiger charge is 2.44. The highest BCUT2D eigenvalue weighted by molar-refractivity contribution is 5.73. The summed E-state index contributed by atoms with van der Waals surface area (Å²) in [5.74, 6) is -12.8. The number of halogens is 10. The van der Waals surface area contributed by atoms with Gasteiger partial charge in [-0.1, -0.05) is 25.5 Å². The van der Waals surface area contributed by atoms with Crippen molar-refractivity contribution in [3.05, 3.63) is 82.2 Å². The third-order valence-corrected chi connectivity index (χ3v) is 5.16. The zero-order valence-electron chi connectivity index (χ0n) is 18.2. The second-order valence-corrected chi connectivity index (χ2v) is 7.74. The van der Waals surface area contributed by atoms with Crippen LogP contribution >= 0.6 is 0 Å². The van der Waals surface area contributed by atoms with E-state index in [0.29, 0.717) is 18.4 Å². The summed E-state index contributed by atoms with van der Waals surface area (Å²) in [5, 5.41) is 9.98. The SMILES string of the molecule is CCCCc1ccc(-c2c(O)cc(F)c(C(F)(F)Oc3cc(F)c(C(F)(F)F)c(F)c3)c2F)c(F)c1. The fourth-order valence-electron chi connectivity index (χ4n) is 3.51. The first kappa shape index (κ1) is 27.2. The maximum absolute atomic E-state index is 15.1. The fraction of sp³-hybridized carbons (Fsp3) is 0.250. The Hall–Kier alpha value is -3.44. The maximum atomic E-state index is 15.1. The lowest BCUT2D eigenvalue weighted by Gasteiger charge is -2.22. The van der Waals surface area contributed by atoms with Crippen LogP contribution in [0, 0.1) is 29.1 Å². The van der Waals surface area contributed by atoms with Gasteiger partial charge in [-0.2, -0.15) is 22.0 Å². The van der Waals surface area contributed by atoms with Gasteiger partial charge in [0.05, 0.1) is 5.56 Å². The molecule has 0 spiro atoms. The molecule has 12 heteroatoms. The van der Waals surface area contributed by atoms with Gasteiger partial charge in [-0.05, 0) is 24.5 Å². The van der Waals surface area contributed by atoms with Gasteiger partial charge in [0, 0.05) is 23.8 Å². The van der Waals surface area contributed by atoms with E-state index in [1.165, 1.54) is 6.07 Å². The number of hydrogen-bond acceptors (Lipinski definition) is 2. The second kappa shape index (κ2) is 9.90. The van der Waals surface area contributed by atoms with E-state index in [9.17, 15) is 44.6 Å². The fourth-order valence-corrected chi connectivity index (χ4v) is 3.51. The van der Waals surface area contributed by atoms with Gasteiger partial charge in [0.1, 0.15) is 45.9 Å². The number of unbranched alkanes of at least 4 members (excludes halogenated alkanes) is 1. The van der Waals surface area contributed by atoms with Crippen molar-refractivity contribution >= 4 is 0 Å². The molecule has 0 aliphatic carbocycles. The molecule has 0 saturated heterocycles. The molecule has 1 N–H and O–H groups in total. The van der Waals surface area contributed by atoms with E-state index in [0.717, 1.165) is 18.6 Å². The molecule has 0 atom stereocenters. The Morgan fingerprint density at radius 3 is 1.89 bits per heavy atom. The third kappa shape index (κ3) is 5.36. The number of aryl methyl sites for hydroxylation is 1. The van der Waals surface area contributed by atoms with Crippen molar-refractivity contribution in [1.82, 2.24) is 0 Å². The minimum Gasteiger partial charge on any atom is -0.507 e. The monoisotopic (exact) mass is 526 g/mol. The van der Waals surface area contributed by atoms with Crippen LogP contribution in [-0.2, 0) is 18.7 Å². The molecule has 0 aromatic heterocycles. The predicted octanol–water partition coefficient (Wildman–Crippen LogP) is 8.24. The van der Waals surface area contributed by atoms with Gasteiger partial charge in [0.2, 0.25) is 0 Å². The van der Waals surface area contributed by atoms with E-state index >= 15 is 4.39 Å². The van der Waals surface area contributed by atoms with E-state index in [1.54, 1.807) is 0 Å². The van der Waals surface area contributed by atoms with Crippen molar-refractivity contribution in [1.29, 1.82) is 0 Å². The largest absolute Gasteiger partial charge is 0.507 e. The van der Waals surface area contributed by atoms with Crippen LogP contribution in [0.15, 0.2) is 36.4 Å². The van der Waals surface area contributed by atoms with Crippen LogP contribution in [0.4, 0.5) is 43.9 Å². The molecule has 3 rings (SSSR count). The standard InChI is InChI=1S/C24H16F10O2/c1-2-3-4-11-5-6-13(14(25)7-11)19-18(35)10-17(28)21(22(19)29)24(33,34)36-12-8-15(26)20(16(27)9-12)23(30,31)32/h5-10,35H,2-4H2,1H3. The Bertz CT molecular complexity index is 1260. The molecular formula is C24H16F10O2. The molecule has 194 valence electrons. The van der Waals surface area contributed by atoms with Gasteiger partial charge in [-0.3, -0.25) is 0 Å². The summed E-state index contributed by atoms with van der Waals surface area (Å²) in [7, 11) is 0. The summed E-state index contributed by atoms with van der Waals surface area (Å²) >= 11 is 0. The summed E-state index contributed by atoms with van der Waals surface area (Å²) in [4.78, 5) is 0. The topological polar surface area (TPSA) is 29.5 Å². The molecule has 0 amide bonds. The van der Waals surface area contributed by atoms with Gasteiger partial charge in [0.25, 0.3) is 0 Å². The van der Waals surface area contributed by atoms with E-state index in [1.807, 2.05) is 6.92 Å². The van der Waals surface area contributed by atoms with Crippen LogP contribution in [0.5, 0.6) is 11.5 Å². The summed E-state index contributed by atoms with van der Waals surface area (Å²) in [6.45, 7) is 1.88. The summed E-state index contributed by atoms with van der Waals surface area (Å²) in [6, 6.07) is 2.87. The lowest BCUT2D eigenvalue weighted by Crippen LogP contribution is -2.26. The number of phenolic OH excluding ortho intramolecular Hbond substituents is 1. The first-order valence-corrected chi connectivity index (χ1v) is 10.3. The molecule has 3 aromatic rings. The highest BCUT2D eigenvalue weighted by atomic mass is 19.4. The molecule has 0 bridgehead atoms. The number of phenols is 1. The first-order valence-electron chi connectivity index (χ1n) is 10.3. The highest BCUT2D eigenvalue weighted by Crippen LogP contribution is 2.44. The lowest BCUT2D eigenvalue weighted by atomic mass is 9.97. The van der Waals surface area contributed by atoms with Crippen LogP contribution in [0.3, 0.4) is 0 Å². The molecule has 0 unspecified atom stereocenters. The first-order chi connectivity index (χ1) is 16.7. The van der Waals surface area contributed by atoms with Crippen molar-refractivity contribution in [2.45, 2.75) is 38.5 Å². The van der Waals surface area contributed by atoms with E-state index in [-0.39, 0.29) is 18.2 Å². The minimum atomic E-state index is -5.50. The summed E-state index contributed by atoms with van der Waals surface area (Å²) < 4.78 is 143. The van der Waals surface area contributed by atoms with E-state index in [4.69, 9.17) is 0 Å². The maximum Gasteiger partial charge on any atom is 0.432 e. The molecule has 0 aliphatic rings. The molecular weight excluding hydrogens is 510 g/mol. The van der Waals surface area contributed by atoms with Crippen LogP contribution in [0.2, 0.25) is 0 Å². The number of aromatic hydroxyl groups is 1. The van der Waals surface area contributed by atoms with E-state index < -0.39 is 75.1 Å². The second-order valence-electron chi connectivity index (χ2n) is 7.74. The van der Waals surface area contributed by atoms with Crippen molar-refractivity contribution in [2.24, 2.45) is 0 Å². The molecule has 0 saturated carbocycles. The summed E-state index contributed by atoms with van der Waals surface area (Å²) in [6.07, 6.45) is -8.65. The third-order valence-electron chi connectivity index (χ3n) is 5.16. The van der Waals surface area contributed by atoms with Crippen molar-refractivity contribution < 1.29 is 53.7 Å². The Morgan fingerprint density at radius 1 is 0.778 bits per heavy atom. The quantitative estimate of drug-likeness (QED) is 0.314. The van der Waals surface area contributed by atoms with E-state index in [2.05, 4.69) is 4.74 Å².